The highest BCUT2D eigenvalue weighted by molar-refractivity contribution is 5.66. The van der Waals surface area contributed by atoms with E-state index in [1.165, 1.54) is 26.1 Å². The summed E-state index contributed by atoms with van der Waals surface area (Å²) >= 11 is 0. The van der Waals surface area contributed by atoms with Crippen LogP contribution in [0, 0.1) is 0 Å². The fourth-order valence-corrected chi connectivity index (χ4v) is 2.77. The molecule has 0 amide bonds. The Bertz CT molecular complexity index is 796. The van der Waals surface area contributed by atoms with Gasteiger partial charge in [-0.25, -0.2) is 4.79 Å². The van der Waals surface area contributed by atoms with E-state index in [2.05, 4.69) is 4.98 Å². The smallest absolute Gasteiger partial charge is 0.351 e. The van der Waals surface area contributed by atoms with Gasteiger partial charge < -0.3 is 44.4 Å². The van der Waals surface area contributed by atoms with Gasteiger partial charge in [-0.15, -0.1) is 0 Å². The third kappa shape index (κ3) is 7.51. The van der Waals surface area contributed by atoms with Gasteiger partial charge in [0.25, 0.3) is 6.48 Å². The molecule has 14 nitrogen and oxygen atoms in total. The highest BCUT2D eigenvalue weighted by Gasteiger charge is 2.47. The van der Waals surface area contributed by atoms with Crippen molar-refractivity contribution in [2.45, 2.75) is 44.9 Å². The Labute approximate surface area is 182 Å². The number of carbonyl (C=O) groups is 2. The summed E-state index contributed by atoms with van der Waals surface area (Å²) in [6, 6.07) is 1.35. The number of carbonyl (C=O) groups excluding carboxylic acids is 2. The van der Waals surface area contributed by atoms with Crippen LogP contribution in [0.25, 0.3) is 0 Å². The molecule has 1 aromatic heterocycles. The van der Waals surface area contributed by atoms with E-state index in [0.717, 1.165) is 4.57 Å². The van der Waals surface area contributed by atoms with Crippen molar-refractivity contribution >= 4 is 17.8 Å². The Morgan fingerprint density at radius 3 is 2.28 bits per heavy atom. The highest BCUT2D eigenvalue weighted by Crippen LogP contribution is 2.32. The Hall–Kier alpha value is -2.62. The number of aliphatic hydroxyl groups excluding tert-OH is 2. The second-order valence-corrected chi connectivity index (χ2v) is 6.59. The predicted octanol–water partition coefficient (Wildman–Crippen LogP) is -2.10. The van der Waals surface area contributed by atoms with Gasteiger partial charge in [0.2, 0.25) is 0 Å². The summed E-state index contributed by atoms with van der Waals surface area (Å²) in [5.41, 5.74) is 4.74. The largest absolute Gasteiger partial charge is 0.463 e. The van der Waals surface area contributed by atoms with Crippen molar-refractivity contribution in [3.05, 3.63) is 22.7 Å². The van der Waals surface area contributed by atoms with Gasteiger partial charge in [-0.2, -0.15) is 4.98 Å². The van der Waals surface area contributed by atoms with Gasteiger partial charge in [0.15, 0.2) is 6.23 Å². The van der Waals surface area contributed by atoms with Crippen LogP contribution in [0.5, 0.6) is 0 Å². The second-order valence-electron chi connectivity index (χ2n) is 6.59. The summed E-state index contributed by atoms with van der Waals surface area (Å²) < 4.78 is 32.6. The molecule has 2 heterocycles. The highest BCUT2D eigenvalue weighted by atomic mass is 16.9. The fourth-order valence-electron chi connectivity index (χ4n) is 2.77. The van der Waals surface area contributed by atoms with E-state index in [9.17, 15) is 24.6 Å². The molecule has 0 aromatic carbocycles. The van der Waals surface area contributed by atoms with Gasteiger partial charge in [-0.3, -0.25) is 14.2 Å². The summed E-state index contributed by atoms with van der Waals surface area (Å²) in [5.74, 6) is -1.04. The molecule has 1 aromatic rings. The third-order valence-electron chi connectivity index (χ3n) is 4.17. The van der Waals surface area contributed by atoms with Crippen LogP contribution in [0.4, 0.5) is 5.82 Å². The third-order valence-corrected chi connectivity index (χ3v) is 4.17. The molecular weight excluding hydrogens is 434 g/mol. The molecule has 0 radical (unpaired) electrons. The van der Waals surface area contributed by atoms with E-state index >= 15 is 0 Å². The first kappa shape index (κ1) is 25.6. The van der Waals surface area contributed by atoms with Crippen LogP contribution in [-0.2, 0) is 38.0 Å². The summed E-state index contributed by atoms with van der Waals surface area (Å²) in [6.07, 6.45) is -3.57. The monoisotopic (exact) mass is 461 g/mol. The summed E-state index contributed by atoms with van der Waals surface area (Å²) in [4.78, 5) is 37.7. The van der Waals surface area contributed by atoms with Crippen molar-refractivity contribution in [2.75, 3.05) is 38.8 Å². The standard InChI is InChI=1S/C18H27N3O11/c1-10(23)27-5-7-29-18(30-8-6-28-11(2)24)32-15-14(25)12(9-22)31-16(15)21-4-3-13(19)20-17(21)26/h3-4,12,14-16,18,22,25H,5-9H2,1-2H3,(H2,19,20,26)/t12-,14-,15-,16-/m1/s1. The van der Waals surface area contributed by atoms with Crippen LogP contribution in [0.15, 0.2) is 17.1 Å². The zero-order valence-electron chi connectivity index (χ0n) is 17.6. The van der Waals surface area contributed by atoms with E-state index in [0.29, 0.717) is 0 Å². The lowest BCUT2D eigenvalue weighted by Gasteiger charge is -2.27. The number of esters is 2. The van der Waals surface area contributed by atoms with Crippen molar-refractivity contribution < 1.29 is 48.2 Å². The molecule has 0 bridgehead atoms. The number of nitrogens with zero attached hydrogens (tertiary/aromatic N) is 2. The average Bonchev–Trinajstić information content (AvgIpc) is 3.03. The minimum absolute atomic E-state index is 0.0125. The van der Waals surface area contributed by atoms with Crippen molar-refractivity contribution in [1.29, 1.82) is 0 Å². The van der Waals surface area contributed by atoms with Gasteiger partial charge in [0.05, 0.1) is 19.8 Å². The molecule has 4 N–H and O–H groups in total. The minimum atomic E-state index is -1.43. The van der Waals surface area contributed by atoms with Gasteiger partial charge in [0.1, 0.15) is 37.3 Å². The average molecular weight is 461 g/mol. The van der Waals surface area contributed by atoms with E-state index in [-0.39, 0.29) is 32.2 Å². The Morgan fingerprint density at radius 1 is 1.19 bits per heavy atom. The number of aromatic nitrogens is 2. The fraction of sp³-hybridized carbons (Fsp3) is 0.667. The summed E-state index contributed by atoms with van der Waals surface area (Å²) in [7, 11) is 0. The lowest BCUT2D eigenvalue weighted by molar-refractivity contribution is -0.321. The van der Waals surface area contributed by atoms with Crippen LogP contribution in [0.3, 0.4) is 0 Å². The van der Waals surface area contributed by atoms with E-state index in [4.69, 9.17) is 34.2 Å². The lowest BCUT2D eigenvalue weighted by Crippen LogP contribution is -2.42. The maximum absolute atomic E-state index is 12.2. The Kier molecular flexibility index (Phi) is 9.96. The second kappa shape index (κ2) is 12.4. The van der Waals surface area contributed by atoms with Crippen molar-refractivity contribution in [3.63, 3.8) is 0 Å². The normalized spacial score (nSPS) is 22.8. The van der Waals surface area contributed by atoms with Crippen LogP contribution >= 0.6 is 0 Å². The molecule has 1 fully saturated rings. The summed E-state index contributed by atoms with van der Waals surface area (Å²) in [6.45, 7) is 0.0215. The Balaban J connectivity index is 2.14. The van der Waals surface area contributed by atoms with Crippen LogP contribution in [0.2, 0.25) is 0 Å². The number of hydrogen-bond acceptors (Lipinski definition) is 13. The Morgan fingerprint density at radius 2 is 1.78 bits per heavy atom. The van der Waals surface area contributed by atoms with E-state index in [1.807, 2.05) is 0 Å². The zero-order valence-corrected chi connectivity index (χ0v) is 17.6. The topological polar surface area (TPSA) is 191 Å². The molecule has 1 aliphatic rings. The van der Waals surface area contributed by atoms with Gasteiger partial charge in [0, 0.05) is 20.0 Å². The molecule has 0 aliphatic carbocycles. The quantitative estimate of drug-likeness (QED) is 0.174. The number of aliphatic hydroxyl groups is 2. The molecule has 0 unspecified atom stereocenters. The first-order chi connectivity index (χ1) is 15.2. The summed E-state index contributed by atoms with van der Waals surface area (Å²) in [5, 5.41) is 20.0. The number of nitrogen functional groups attached to an aromatic ring is 1. The van der Waals surface area contributed by atoms with Gasteiger partial charge in [-0.1, -0.05) is 0 Å². The molecule has 4 atom stereocenters. The molecule has 0 saturated carbocycles. The van der Waals surface area contributed by atoms with Crippen LogP contribution in [-0.4, -0.2) is 89.5 Å². The molecular formula is C18H27N3O11. The maximum atomic E-state index is 12.2. The molecule has 32 heavy (non-hydrogen) atoms. The number of nitrogens with two attached hydrogens (primary N) is 1. The molecule has 0 spiro atoms. The lowest BCUT2D eigenvalue weighted by atomic mass is 10.1. The molecule has 1 saturated heterocycles. The number of anilines is 1. The number of hydrogen-bond donors (Lipinski definition) is 3. The van der Waals surface area contributed by atoms with Gasteiger partial charge >= 0.3 is 17.6 Å². The van der Waals surface area contributed by atoms with E-state index < -0.39 is 55.3 Å². The molecule has 180 valence electrons. The number of rotatable bonds is 12. The first-order valence-corrected chi connectivity index (χ1v) is 9.67. The number of ether oxygens (including phenoxy) is 6. The SMILES string of the molecule is CC(=O)OCCOC(OCCOC(C)=O)O[C@@H]1[C@H](O)[C@@H](CO)O[C@H]1n1ccc(N)nc1=O. The molecule has 2 rings (SSSR count). The first-order valence-electron chi connectivity index (χ1n) is 9.67. The zero-order chi connectivity index (χ0) is 23.7. The molecule has 1 aliphatic heterocycles. The molecule has 14 heteroatoms. The minimum Gasteiger partial charge on any atom is -0.463 e. The van der Waals surface area contributed by atoms with Crippen LogP contribution in [0.1, 0.15) is 20.1 Å². The predicted molar refractivity (Wildman–Crippen MR) is 104 cm³/mol. The van der Waals surface area contributed by atoms with Crippen molar-refractivity contribution in [1.82, 2.24) is 9.55 Å². The van der Waals surface area contributed by atoms with E-state index in [1.54, 1.807) is 0 Å². The maximum Gasteiger partial charge on any atom is 0.351 e. The van der Waals surface area contributed by atoms with Gasteiger partial charge in [-0.05, 0) is 6.07 Å². The van der Waals surface area contributed by atoms with Crippen molar-refractivity contribution in [2.24, 2.45) is 0 Å². The van der Waals surface area contributed by atoms with Crippen LogP contribution < -0.4 is 11.4 Å². The van der Waals surface area contributed by atoms with Crippen molar-refractivity contribution in [3.8, 4) is 0 Å².